The number of hydrogen-bond acceptors (Lipinski definition) is 1. The van der Waals surface area contributed by atoms with E-state index in [1.807, 2.05) is 0 Å². The Balaban J connectivity index is 2.50. The predicted octanol–water partition coefficient (Wildman–Crippen LogP) is 4.09. The van der Waals surface area contributed by atoms with Crippen molar-refractivity contribution in [1.29, 1.82) is 0 Å². The molecule has 1 aromatic carbocycles. The Bertz CT molecular complexity index is 387. The first kappa shape index (κ1) is 11.1. The number of benzene rings is 1. The summed E-state index contributed by atoms with van der Waals surface area (Å²) in [5, 5.41) is 3.20. The molecule has 0 aliphatic carbocycles. The van der Waals surface area contributed by atoms with Crippen molar-refractivity contribution in [2.75, 3.05) is 5.32 Å². The summed E-state index contributed by atoms with van der Waals surface area (Å²) < 4.78 is 0. The lowest BCUT2D eigenvalue weighted by molar-refractivity contribution is 0.501. The van der Waals surface area contributed by atoms with Crippen molar-refractivity contribution in [3.63, 3.8) is 0 Å². The van der Waals surface area contributed by atoms with Crippen LogP contribution in [0.2, 0.25) is 0 Å². The normalized spacial score (nSPS) is 28.1. The lowest BCUT2D eigenvalue weighted by Gasteiger charge is -2.41. The van der Waals surface area contributed by atoms with Crippen LogP contribution in [0.15, 0.2) is 18.2 Å². The number of rotatable bonds is 0. The van der Waals surface area contributed by atoms with Crippen LogP contribution in [0.4, 0.5) is 5.69 Å². The maximum Gasteiger partial charge on any atom is 0.0791 e. The summed E-state index contributed by atoms with van der Waals surface area (Å²) in [5.74, 6) is 0. The van der Waals surface area contributed by atoms with Crippen LogP contribution in [-0.2, 0) is 0 Å². The summed E-state index contributed by atoms with van der Waals surface area (Å²) >= 11 is 12.7. The second kappa shape index (κ2) is 3.57. The molecule has 3 heteroatoms. The molecule has 0 radical (unpaired) electrons. The molecule has 0 saturated heterocycles. The molecular formula is C12H15Cl2N. The minimum absolute atomic E-state index is 0.103. The third-order valence-electron chi connectivity index (χ3n) is 2.91. The molecule has 0 amide bonds. The van der Waals surface area contributed by atoms with Crippen LogP contribution < -0.4 is 5.32 Å². The van der Waals surface area contributed by atoms with Crippen molar-refractivity contribution in [2.45, 2.75) is 37.1 Å². The number of fused-ring (bicyclic) bond motifs is 1. The summed E-state index contributed by atoms with van der Waals surface area (Å²) in [4.78, 5) is 0. The van der Waals surface area contributed by atoms with Crippen LogP contribution in [0.3, 0.4) is 0 Å². The number of hydrogen-bond donors (Lipinski definition) is 1. The largest absolute Gasteiger partial charge is 0.378 e. The lowest BCUT2D eigenvalue weighted by Crippen LogP contribution is -2.46. The van der Waals surface area contributed by atoms with E-state index in [0.717, 1.165) is 11.3 Å². The highest BCUT2D eigenvalue weighted by Gasteiger charge is 2.39. The summed E-state index contributed by atoms with van der Waals surface area (Å²) in [6.45, 7) is 6.21. The van der Waals surface area contributed by atoms with Gasteiger partial charge in [-0.25, -0.2) is 0 Å². The van der Waals surface area contributed by atoms with Crippen LogP contribution in [0.1, 0.15) is 30.4 Å². The van der Waals surface area contributed by atoms with Gasteiger partial charge >= 0.3 is 0 Å². The Morgan fingerprint density at radius 3 is 2.60 bits per heavy atom. The average Bonchev–Trinajstić information content (AvgIpc) is 2.16. The van der Waals surface area contributed by atoms with Gasteiger partial charge in [-0.15, -0.1) is 23.2 Å². The SMILES string of the molecule is Cc1ccc2c(c1)[C@H](Cl)[C@@H](Cl)C(C)(C)N2. The standard InChI is InChI=1S/C12H15Cl2N/c1-7-4-5-9-8(6-7)10(13)11(14)12(2,3)15-9/h4-6,10-11,15H,1-3H3/t10-,11+/m0/s1. The molecule has 2 atom stereocenters. The fourth-order valence-electron chi connectivity index (χ4n) is 1.96. The van der Waals surface area contributed by atoms with Crippen LogP contribution in [0, 0.1) is 6.92 Å². The molecule has 1 heterocycles. The van der Waals surface area contributed by atoms with Gasteiger partial charge in [0.05, 0.1) is 10.8 Å². The van der Waals surface area contributed by atoms with Gasteiger partial charge in [0.25, 0.3) is 0 Å². The van der Waals surface area contributed by atoms with E-state index >= 15 is 0 Å². The minimum Gasteiger partial charge on any atom is -0.378 e. The Hall–Kier alpha value is -0.400. The summed E-state index contributed by atoms with van der Waals surface area (Å²) in [6.07, 6.45) is 0. The molecule has 0 unspecified atom stereocenters. The van der Waals surface area contributed by atoms with Crippen molar-refractivity contribution in [3.05, 3.63) is 29.3 Å². The quantitative estimate of drug-likeness (QED) is 0.678. The van der Waals surface area contributed by atoms with Gasteiger partial charge in [0.2, 0.25) is 0 Å². The van der Waals surface area contributed by atoms with Gasteiger partial charge in [0.15, 0.2) is 0 Å². The first-order valence-electron chi connectivity index (χ1n) is 5.09. The zero-order valence-electron chi connectivity index (χ0n) is 9.14. The monoisotopic (exact) mass is 243 g/mol. The van der Waals surface area contributed by atoms with Gasteiger partial charge in [0, 0.05) is 11.2 Å². The van der Waals surface area contributed by atoms with E-state index in [1.54, 1.807) is 0 Å². The first-order chi connectivity index (χ1) is 6.92. The molecule has 0 spiro atoms. The second-order valence-corrected chi connectivity index (χ2v) is 5.68. The average molecular weight is 244 g/mol. The van der Waals surface area contributed by atoms with E-state index < -0.39 is 0 Å². The number of nitrogens with one attached hydrogen (secondary N) is 1. The fraction of sp³-hybridized carbons (Fsp3) is 0.500. The Kier molecular flexibility index (Phi) is 2.64. The third-order valence-corrected chi connectivity index (χ3v) is 4.32. The van der Waals surface area contributed by atoms with E-state index in [1.165, 1.54) is 5.56 Å². The van der Waals surface area contributed by atoms with Gasteiger partial charge in [-0.05, 0) is 32.4 Å². The van der Waals surface area contributed by atoms with E-state index in [2.05, 4.69) is 44.3 Å². The zero-order valence-corrected chi connectivity index (χ0v) is 10.7. The Labute approximate surface area is 101 Å². The number of anilines is 1. The number of alkyl halides is 2. The predicted molar refractivity (Wildman–Crippen MR) is 67.1 cm³/mol. The molecule has 1 nitrogen and oxygen atoms in total. The Morgan fingerprint density at radius 1 is 1.27 bits per heavy atom. The molecule has 0 bridgehead atoms. The van der Waals surface area contributed by atoms with Gasteiger partial charge in [-0.1, -0.05) is 17.7 Å². The van der Waals surface area contributed by atoms with Gasteiger partial charge < -0.3 is 5.32 Å². The maximum absolute atomic E-state index is 6.38. The van der Waals surface area contributed by atoms with E-state index in [9.17, 15) is 0 Å². The molecule has 1 N–H and O–H groups in total. The molecule has 1 aromatic rings. The molecule has 0 fully saturated rings. The lowest BCUT2D eigenvalue weighted by atomic mass is 9.88. The van der Waals surface area contributed by atoms with Crippen molar-refractivity contribution < 1.29 is 0 Å². The molecule has 1 aliphatic rings. The van der Waals surface area contributed by atoms with Crippen molar-refractivity contribution >= 4 is 28.9 Å². The van der Waals surface area contributed by atoms with E-state index in [0.29, 0.717) is 0 Å². The fourth-order valence-corrected chi connectivity index (χ4v) is 2.65. The highest BCUT2D eigenvalue weighted by molar-refractivity contribution is 6.31. The third kappa shape index (κ3) is 1.83. The molecule has 0 aromatic heterocycles. The van der Waals surface area contributed by atoms with Gasteiger partial charge in [0.1, 0.15) is 0 Å². The molecule has 2 rings (SSSR count). The van der Waals surface area contributed by atoms with E-state index in [-0.39, 0.29) is 16.3 Å². The molecule has 1 aliphatic heterocycles. The first-order valence-corrected chi connectivity index (χ1v) is 5.96. The summed E-state index contributed by atoms with van der Waals surface area (Å²) in [6, 6.07) is 6.26. The zero-order chi connectivity index (χ0) is 11.2. The molecule has 15 heavy (non-hydrogen) atoms. The van der Waals surface area contributed by atoms with Crippen LogP contribution in [0.5, 0.6) is 0 Å². The molecule has 0 saturated carbocycles. The van der Waals surface area contributed by atoms with Crippen LogP contribution >= 0.6 is 23.2 Å². The van der Waals surface area contributed by atoms with Crippen molar-refractivity contribution in [3.8, 4) is 0 Å². The minimum atomic E-state index is -0.170. The van der Waals surface area contributed by atoms with Crippen LogP contribution in [0.25, 0.3) is 0 Å². The number of halogens is 2. The number of aryl methyl sites for hydroxylation is 1. The second-order valence-electron chi connectivity index (χ2n) is 4.74. The summed E-state index contributed by atoms with van der Waals surface area (Å²) in [5.41, 5.74) is 3.25. The Morgan fingerprint density at radius 2 is 1.93 bits per heavy atom. The smallest absolute Gasteiger partial charge is 0.0791 e. The highest BCUT2D eigenvalue weighted by Crippen LogP contribution is 2.44. The topological polar surface area (TPSA) is 12.0 Å². The summed E-state index contributed by atoms with van der Waals surface area (Å²) in [7, 11) is 0. The van der Waals surface area contributed by atoms with Gasteiger partial charge in [-0.3, -0.25) is 0 Å². The molecular weight excluding hydrogens is 229 g/mol. The van der Waals surface area contributed by atoms with Crippen molar-refractivity contribution in [2.24, 2.45) is 0 Å². The van der Waals surface area contributed by atoms with Crippen molar-refractivity contribution in [1.82, 2.24) is 0 Å². The molecule has 82 valence electrons. The maximum atomic E-state index is 6.38. The highest BCUT2D eigenvalue weighted by atomic mass is 35.5. The van der Waals surface area contributed by atoms with Gasteiger partial charge in [-0.2, -0.15) is 0 Å². The van der Waals surface area contributed by atoms with Crippen LogP contribution in [-0.4, -0.2) is 10.9 Å². The van der Waals surface area contributed by atoms with E-state index in [4.69, 9.17) is 23.2 Å².